The van der Waals surface area contributed by atoms with Gasteiger partial charge in [0.05, 0.1) is 24.7 Å². The van der Waals surface area contributed by atoms with Crippen LogP contribution in [0, 0.1) is 0 Å². The Bertz CT molecular complexity index is 1110. The van der Waals surface area contributed by atoms with E-state index in [1.165, 1.54) is 0 Å². The minimum Gasteiger partial charge on any atom is -0.496 e. The molecule has 1 heterocycles. The van der Waals surface area contributed by atoms with Crippen molar-refractivity contribution in [1.82, 2.24) is 9.66 Å². The summed E-state index contributed by atoms with van der Waals surface area (Å²) in [4.78, 5) is 4.43. The van der Waals surface area contributed by atoms with Crippen molar-refractivity contribution in [3.63, 3.8) is 0 Å². The number of amidine groups is 1. The van der Waals surface area contributed by atoms with Crippen LogP contribution in [0.5, 0.6) is 5.75 Å². The predicted octanol–water partition coefficient (Wildman–Crippen LogP) is 3.28. The van der Waals surface area contributed by atoms with Gasteiger partial charge in [-0.1, -0.05) is 35.5 Å². The molecule has 0 fully saturated rings. The molecule has 30 heavy (non-hydrogen) atoms. The Kier molecular flexibility index (Phi) is 7.31. The molecule has 0 bridgehead atoms. The smallest absolute Gasteiger partial charge is 0.221 e. The predicted molar refractivity (Wildman–Crippen MR) is 122 cm³/mol. The van der Waals surface area contributed by atoms with Gasteiger partial charge in [0.1, 0.15) is 5.75 Å². The van der Waals surface area contributed by atoms with E-state index in [1.807, 2.05) is 42.5 Å². The van der Waals surface area contributed by atoms with Crippen molar-refractivity contribution in [2.24, 2.45) is 16.0 Å². The molecule has 0 atom stereocenters. The molecule has 8 nitrogen and oxygen atoms in total. The van der Waals surface area contributed by atoms with E-state index in [1.54, 1.807) is 18.0 Å². The maximum absolute atomic E-state index is 9.00. The Morgan fingerprint density at radius 2 is 1.83 bits per heavy atom. The standard InChI is InChI=1S/C20H20N6O2.2ClH/c1-28-18-8-3-2-5-15(18)17-11-26(20(22)23-17)24-16-10-9-12-13(16)6-4-7-14(12)19(21)25-27;;/h2-8,11,27H,9-10H2,1H3,(H2,21,25)(H2,22,23);2*1H/b24-16+;;. The second kappa shape index (κ2) is 9.51. The van der Waals surface area contributed by atoms with Crippen LogP contribution in [-0.2, 0) is 6.42 Å². The first-order chi connectivity index (χ1) is 13.6. The second-order valence-electron chi connectivity index (χ2n) is 6.39. The fourth-order valence-electron chi connectivity index (χ4n) is 3.48. The van der Waals surface area contributed by atoms with Gasteiger partial charge in [0, 0.05) is 16.7 Å². The Morgan fingerprint density at radius 3 is 2.57 bits per heavy atom. The molecule has 5 N–H and O–H groups in total. The van der Waals surface area contributed by atoms with Crippen molar-refractivity contribution in [1.29, 1.82) is 0 Å². The van der Waals surface area contributed by atoms with E-state index in [2.05, 4.69) is 15.2 Å². The lowest BCUT2D eigenvalue weighted by molar-refractivity contribution is 0.318. The van der Waals surface area contributed by atoms with Crippen LogP contribution in [0.3, 0.4) is 0 Å². The molecule has 0 amide bonds. The Hall–Kier alpha value is -3.23. The highest BCUT2D eigenvalue weighted by molar-refractivity contribution is 6.09. The summed E-state index contributed by atoms with van der Waals surface area (Å²) in [5.74, 6) is 1.10. The van der Waals surface area contributed by atoms with Crippen LogP contribution in [0.25, 0.3) is 11.3 Å². The molecular weight excluding hydrogens is 427 g/mol. The zero-order valence-corrected chi connectivity index (χ0v) is 17.8. The molecule has 0 spiro atoms. The number of nitrogens with two attached hydrogens (primary N) is 2. The molecule has 3 aromatic rings. The number of nitrogen functional groups attached to an aromatic ring is 1. The van der Waals surface area contributed by atoms with Gasteiger partial charge in [-0.25, -0.2) is 9.66 Å². The molecule has 158 valence electrons. The van der Waals surface area contributed by atoms with Gasteiger partial charge in [-0.2, -0.15) is 5.10 Å². The van der Waals surface area contributed by atoms with E-state index in [-0.39, 0.29) is 36.6 Å². The number of oxime groups is 1. The first-order valence-electron chi connectivity index (χ1n) is 8.78. The maximum atomic E-state index is 9.00. The van der Waals surface area contributed by atoms with Gasteiger partial charge in [-0.05, 0) is 30.5 Å². The minimum atomic E-state index is 0. The van der Waals surface area contributed by atoms with Crippen LogP contribution < -0.4 is 16.2 Å². The summed E-state index contributed by atoms with van der Waals surface area (Å²) in [5.41, 5.74) is 17.0. The zero-order chi connectivity index (χ0) is 19.7. The first kappa shape index (κ1) is 23.1. The summed E-state index contributed by atoms with van der Waals surface area (Å²) in [7, 11) is 1.62. The van der Waals surface area contributed by atoms with Gasteiger partial charge in [-0.3, -0.25) is 0 Å². The van der Waals surface area contributed by atoms with E-state index in [0.29, 0.717) is 5.69 Å². The lowest BCUT2D eigenvalue weighted by Gasteiger charge is -2.06. The molecular formula is C20H22Cl2N6O2. The lowest BCUT2D eigenvalue weighted by Crippen LogP contribution is -2.15. The normalized spacial score (nSPS) is 14.0. The number of benzene rings is 2. The van der Waals surface area contributed by atoms with Gasteiger partial charge in [-0.15, -0.1) is 24.8 Å². The monoisotopic (exact) mass is 448 g/mol. The number of anilines is 1. The van der Waals surface area contributed by atoms with Gasteiger partial charge in [0.2, 0.25) is 5.95 Å². The average molecular weight is 449 g/mol. The first-order valence-corrected chi connectivity index (χ1v) is 8.78. The number of hydrogen-bond donors (Lipinski definition) is 3. The highest BCUT2D eigenvalue weighted by atomic mass is 35.5. The van der Waals surface area contributed by atoms with E-state index >= 15 is 0 Å². The summed E-state index contributed by atoms with van der Waals surface area (Å²) in [5, 5.41) is 16.8. The quantitative estimate of drug-likeness (QED) is 0.244. The highest BCUT2D eigenvalue weighted by Crippen LogP contribution is 2.30. The average Bonchev–Trinajstić information content (AvgIpc) is 3.31. The van der Waals surface area contributed by atoms with Crippen LogP contribution >= 0.6 is 24.8 Å². The summed E-state index contributed by atoms with van der Waals surface area (Å²) >= 11 is 0. The molecule has 0 saturated carbocycles. The van der Waals surface area contributed by atoms with Gasteiger partial charge in [0.25, 0.3) is 0 Å². The summed E-state index contributed by atoms with van der Waals surface area (Å²) in [6, 6.07) is 13.3. The second-order valence-corrected chi connectivity index (χ2v) is 6.39. The number of methoxy groups -OCH3 is 1. The number of ether oxygens (including phenoxy) is 1. The molecule has 2 aromatic carbocycles. The van der Waals surface area contributed by atoms with E-state index in [4.69, 9.17) is 21.4 Å². The van der Waals surface area contributed by atoms with Gasteiger partial charge in [0.15, 0.2) is 5.84 Å². The van der Waals surface area contributed by atoms with Crippen molar-refractivity contribution < 1.29 is 9.94 Å². The molecule has 0 aliphatic heterocycles. The number of hydrogen-bond acceptors (Lipinski definition) is 6. The number of aromatic nitrogens is 2. The fourth-order valence-corrected chi connectivity index (χ4v) is 3.48. The van der Waals surface area contributed by atoms with Crippen molar-refractivity contribution in [2.45, 2.75) is 12.8 Å². The number of para-hydroxylation sites is 1. The number of nitrogens with zero attached hydrogens (tertiary/aromatic N) is 4. The Morgan fingerprint density at radius 1 is 1.10 bits per heavy atom. The molecule has 10 heteroatoms. The summed E-state index contributed by atoms with van der Waals surface area (Å²) in [6.07, 6.45) is 3.27. The molecule has 0 unspecified atom stereocenters. The SMILES string of the molecule is COc1ccccc1-c1cn(/N=C2\CCc3c(/C(N)=N/O)cccc32)c(N)n1.Cl.Cl. The largest absolute Gasteiger partial charge is 0.496 e. The Labute approximate surface area is 186 Å². The van der Waals surface area contributed by atoms with Crippen molar-refractivity contribution in [2.75, 3.05) is 12.8 Å². The molecule has 1 aromatic heterocycles. The van der Waals surface area contributed by atoms with Gasteiger partial charge >= 0.3 is 0 Å². The van der Waals surface area contributed by atoms with Crippen LogP contribution in [-0.4, -0.2) is 33.5 Å². The molecule has 4 rings (SSSR count). The van der Waals surface area contributed by atoms with Crippen LogP contribution in [0.2, 0.25) is 0 Å². The van der Waals surface area contributed by atoms with Crippen LogP contribution in [0.1, 0.15) is 23.1 Å². The van der Waals surface area contributed by atoms with Crippen molar-refractivity contribution in [3.05, 3.63) is 65.4 Å². The van der Waals surface area contributed by atoms with E-state index in [0.717, 1.165) is 46.6 Å². The minimum absolute atomic E-state index is 0. The van der Waals surface area contributed by atoms with E-state index in [9.17, 15) is 0 Å². The van der Waals surface area contributed by atoms with Crippen molar-refractivity contribution in [3.8, 4) is 17.0 Å². The third-order valence-electron chi connectivity index (χ3n) is 4.81. The highest BCUT2D eigenvalue weighted by Gasteiger charge is 2.23. The molecule has 0 radical (unpaired) electrons. The number of halogens is 2. The number of imidazole rings is 1. The number of rotatable bonds is 4. The van der Waals surface area contributed by atoms with Crippen LogP contribution in [0.4, 0.5) is 5.95 Å². The molecule has 0 saturated heterocycles. The number of fused-ring (bicyclic) bond motifs is 1. The third-order valence-corrected chi connectivity index (χ3v) is 4.81. The summed E-state index contributed by atoms with van der Waals surface area (Å²) < 4.78 is 6.98. The molecule has 1 aliphatic carbocycles. The zero-order valence-electron chi connectivity index (χ0n) is 16.1. The molecule has 1 aliphatic rings. The van der Waals surface area contributed by atoms with Crippen molar-refractivity contribution >= 4 is 42.3 Å². The summed E-state index contributed by atoms with van der Waals surface area (Å²) in [6.45, 7) is 0. The lowest BCUT2D eigenvalue weighted by atomic mass is 10.0. The third kappa shape index (κ3) is 4.05. The topological polar surface area (TPSA) is 124 Å². The van der Waals surface area contributed by atoms with Crippen LogP contribution in [0.15, 0.2) is 58.9 Å². The Balaban J connectivity index is 0.00000160. The van der Waals surface area contributed by atoms with Gasteiger partial charge < -0.3 is 21.4 Å². The fraction of sp³-hybridized carbons (Fsp3) is 0.150. The van der Waals surface area contributed by atoms with E-state index < -0.39 is 0 Å². The maximum Gasteiger partial charge on any atom is 0.221 e.